The molecule has 0 unspecified atom stereocenters. The first-order valence-electron chi connectivity index (χ1n) is 5.19. The normalized spacial score (nSPS) is 42.6. The predicted molar refractivity (Wildman–Crippen MR) is 55.1 cm³/mol. The standard InChI is InChI=1S/C9H19NO3Si/c1-9(2)8-13-14(3)11-6-4-10(9)5-7-12-14/h4-8H2,1-3H3. The topological polar surface area (TPSA) is 30.9 Å². The van der Waals surface area contributed by atoms with Crippen molar-refractivity contribution in [3.8, 4) is 0 Å². The molecule has 0 aromatic heterocycles. The van der Waals surface area contributed by atoms with Gasteiger partial charge in [-0.3, -0.25) is 4.90 Å². The van der Waals surface area contributed by atoms with Crippen molar-refractivity contribution in [3.63, 3.8) is 0 Å². The van der Waals surface area contributed by atoms with Crippen LogP contribution in [-0.2, 0) is 13.3 Å². The summed E-state index contributed by atoms with van der Waals surface area (Å²) in [7, 11) is -2.30. The minimum atomic E-state index is -2.30. The molecule has 0 amide bonds. The van der Waals surface area contributed by atoms with Crippen molar-refractivity contribution in [2.75, 3.05) is 32.9 Å². The summed E-state index contributed by atoms with van der Waals surface area (Å²) in [6.45, 7) is 10.6. The zero-order chi connectivity index (χ0) is 10.2. The van der Waals surface area contributed by atoms with Gasteiger partial charge in [-0.15, -0.1) is 0 Å². The first kappa shape index (κ1) is 10.6. The summed E-state index contributed by atoms with van der Waals surface area (Å²) >= 11 is 0. The molecule has 3 saturated heterocycles. The molecule has 2 bridgehead atoms. The van der Waals surface area contributed by atoms with Gasteiger partial charge in [0.1, 0.15) is 0 Å². The van der Waals surface area contributed by atoms with Crippen LogP contribution in [0.1, 0.15) is 13.8 Å². The van der Waals surface area contributed by atoms with E-state index in [-0.39, 0.29) is 5.54 Å². The molecule has 0 N–H and O–H groups in total. The van der Waals surface area contributed by atoms with E-state index in [0.29, 0.717) is 6.61 Å². The molecule has 0 aromatic carbocycles. The van der Waals surface area contributed by atoms with Crippen LogP contribution >= 0.6 is 0 Å². The molecule has 3 aliphatic rings. The average Bonchev–Trinajstić information content (AvgIpc) is 2.07. The molecule has 14 heavy (non-hydrogen) atoms. The maximum absolute atomic E-state index is 5.81. The van der Waals surface area contributed by atoms with E-state index in [0.717, 1.165) is 26.3 Å². The van der Waals surface area contributed by atoms with Gasteiger partial charge in [0, 0.05) is 25.2 Å². The molecule has 3 heterocycles. The summed E-state index contributed by atoms with van der Waals surface area (Å²) in [5, 5.41) is 0. The Labute approximate surface area is 86.5 Å². The Morgan fingerprint density at radius 1 is 1.07 bits per heavy atom. The molecule has 0 radical (unpaired) electrons. The molecule has 0 aliphatic carbocycles. The van der Waals surface area contributed by atoms with E-state index in [2.05, 4.69) is 18.7 Å². The molecular formula is C9H19NO3Si. The molecule has 82 valence electrons. The van der Waals surface area contributed by atoms with Crippen LogP contribution in [0.4, 0.5) is 0 Å². The van der Waals surface area contributed by atoms with Crippen LogP contribution in [0, 0.1) is 0 Å². The fraction of sp³-hybridized carbons (Fsp3) is 1.00. The fourth-order valence-electron chi connectivity index (χ4n) is 1.92. The van der Waals surface area contributed by atoms with Gasteiger partial charge >= 0.3 is 8.80 Å². The van der Waals surface area contributed by atoms with Crippen LogP contribution in [0.3, 0.4) is 0 Å². The molecule has 0 spiro atoms. The highest BCUT2D eigenvalue weighted by Crippen LogP contribution is 2.24. The van der Waals surface area contributed by atoms with Crippen molar-refractivity contribution in [1.82, 2.24) is 4.90 Å². The second-order valence-electron chi connectivity index (χ2n) is 4.65. The summed E-state index contributed by atoms with van der Waals surface area (Å²) in [6.07, 6.45) is 0. The molecule has 3 fully saturated rings. The quantitative estimate of drug-likeness (QED) is 0.559. The largest absolute Gasteiger partial charge is 0.497 e. The Kier molecular flexibility index (Phi) is 2.70. The highest BCUT2D eigenvalue weighted by Gasteiger charge is 2.43. The van der Waals surface area contributed by atoms with E-state index in [1.165, 1.54) is 0 Å². The smallest absolute Gasteiger partial charge is 0.372 e. The van der Waals surface area contributed by atoms with E-state index in [1.54, 1.807) is 0 Å². The Balaban J connectivity index is 2.18. The number of hydrogen-bond donors (Lipinski definition) is 0. The molecule has 0 saturated carbocycles. The summed E-state index contributed by atoms with van der Waals surface area (Å²) in [6, 6.07) is 0. The van der Waals surface area contributed by atoms with E-state index in [9.17, 15) is 0 Å². The van der Waals surface area contributed by atoms with Gasteiger partial charge in [-0.25, -0.2) is 0 Å². The highest BCUT2D eigenvalue weighted by molar-refractivity contribution is 6.59. The summed E-state index contributed by atoms with van der Waals surface area (Å²) < 4.78 is 17.2. The lowest BCUT2D eigenvalue weighted by Crippen LogP contribution is -2.60. The van der Waals surface area contributed by atoms with Gasteiger partial charge in [-0.1, -0.05) is 0 Å². The lowest BCUT2D eigenvalue weighted by Gasteiger charge is -2.45. The maximum Gasteiger partial charge on any atom is 0.497 e. The fourth-order valence-corrected chi connectivity index (χ4v) is 3.71. The van der Waals surface area contributed by atoms with Gasteiger partial charge in [0.25, 0.3) is 0 Å². The van der Waals surface area contributed by atoms with Crippen molar-refractivity contribution < 1.29 is 13.3 Å². The summed E-state index contributed by atoms with van der Waals surface area (Å²) in [5.74, 6) is 0. The SMILES string of the molecule is CC1(C)CO[Si]2(C)OCCN1CCO2. The monoisotopic (exact) mass is 217 g/mol. The zero-order valence-electron chi connectivity index (χ0n) is 9.21. The van der Waals surface area contributed by atoms with Gasteiger partial charge in [0.15, 0.2) is 0 Å². The van der Waals surface area contributed by atoms with Crippen LogP contribution in [0.25, 0.3) is 0 Å². The van der Waals surface area contributed by atoms with Gasteiger partial charge < -0.3 is 13.3 Å². The molecule has 3 aliphatic heterocycles. The van der Waals surface area contributed by atoms with Gasteiger partial charge in [-0.2, -0.15) is 0 Å². The summed E-state index contributed by atoms with van der Waals surface area (Å²) in [4.78, 5) is 2.38. The minimum absolute atomic E-state index is 0.113. The van der Waals surface area contributed by atoms with Gasteiger partial charge in [0.05, 0.1) is 19.8 Å². The molecule has 3 rings (SSSR count). The van der Waals surface area contributed by atoms with Crippen LogP contribution in [0.15, 0.2) is 0 Å². The number of fused-ring (bicyclic) bond motifs is 6. The summed E-state index contributed by atoms with van der Waals surface area (Å²) in [5.41, 5.74) is 0.113. The predicted octanol–water partition coefficient (Wildman–Crippen LogP) is 0.713. The Bertz CT molecular complexity index is 207. The number of hydrogen-bond acceptors (Lipinski definition) is 4. The third kappa shape index (κ3) is 2.01. The Morgan fingerprint density at radius 3 is 2.21 bits per heavy atom. The molecule has 4 nitrogen and oxygen atoms in total. The van der Waals surface area contributed by atoms with E-state index in [4.69, 9.17) is 13.3 Å². The van der Waals surface area contributed by atoms with Crippen LogP contribution in [0.5, 0.6) is 0 Å². The Hall–Kier alpha value is 0.0569. The zero-order valence-corrected chi connectivity index (χ0v) is 10.2. The van der Waals surface area contributed by atoms with Crippen molar-refractivity contribution in [2.24, 2.45) is 0 Å². The van der Waals surface area contributed by atoms with Gasteiger partial charge in [-0.05, 0) is 13.8 Å². The van der Waals surface area contributed by atoms with E-state index < -0.39 is 8.80 Å². The highest BCUT2D eigenvalue weighted by atomic mass is 28.4. The number of nitrogens with zero attached hydrogens (tertiary/aromatic N) is 1. The molecular weight excluding hydrogens is 198 g/mol. The maximum atomic E-state index is 5.81. The second kappa shape index (κ2) is 3.57. The molecule has 0 aromatic rings. The average molecular weight is 217 g/mol. The van der Waals surface area contributed by atoms with Gasteiger partial charge in [0.2, 0.25) is 0 Å². The third-order valence-corrected chi connectivity index (χ3v) is 5.12. The van der Waals surface area contributed by atoms with Crippen molar-refractivity contribution in [1.29, 1.82) is 0 Å². The van der Waals surface area contributed by atoms with Crippen LogP contribution < -0.4 is 0 Å². The third-order valence-electron chi connectivity index (χ3n) is 2.99. The van der Waals surface area contributed by atoms with Crippen molar-refractivity contribution in [3.05, 3.63) is 0 Å². The van der Waals surface area contributed by atoms with Crippen molar-refractivity contribution in [2.45, 2.75) is 25.9 Å². The minimum Gasteiger partial charge on any atom is -0.372 e. The van der Waals surface area contributed by atoms with Crippen molar-refractivity contribution >= 4 is 8.80 Å². The van der Waals surface area contributed by atoms with Crippen LogP contribution in [0.2, 0.25) is 6.55 Å². The Morgan fingerprint density at radius 2 is 1.64 bits per heavy atom. The lowest BCUT2D eigenvalue weighted by atomic mass is 10.0. The first-order valence-corrected chi connectivity index (χ1v) is 7.41. The lowest BCUT2D eigenvalue weighted by molar-refractivity contribution is -0.0586. The van der Waals surface area contributed by atoms with E-state index in [1.807, 2.05) is 6.55 Å². The second-order valence-corrected chi connectivity index (χ2v) is 7.24. The first-order chi connectivity index (χ1) is 6.52. The van der Waals surface area contributed by atoms with Crippen LogP contribution in [-0.4, -0.2) is 52.2 Å². The number of rotatable bonds is 0. The molecule has 0 atom stereocenters. The van der Waals surface area contributed by atoms with E-state index >= 15 is 0 Å². The molecule has 5 heteroatoms.